The molecule has 8 heteroatoms. The lowest BCUT2D eigenvalue weighted by Crippen LogP contribution is -2.59. The van der Waals surface area contributed by atoms with Crippen molar-refractivity contribution >= 4 is 41.0 Å². The second-order valence-corrected chi connectivity index (χ2v) is 8.24. The van der Waals surface area contributed by atoms with Crippen LogP contribution in [0.5, 0.6) is 0 Å². The molecule has 2 heterocycles. The van der Waals surface area contributed by atoms with Crippen LogP contribution < -0.4 is 5.32 Å². The molecule has 0 aromatic heterocycles. The molecule has 2 aliphatic rings. The van der Waals surface area contributed by atoms with Gasteiger partial charge in [-0.2, -0.15) is 0 Å². The molecule has 4 rings (SSSR count). The van der Waals surface area contributed by atoms with Gasteiger partial charge in [0.05, 0.1) is 13.1 Å². The number of urea groups is 1. The van der Waals surface area contributed by atoms with Gasteiger partial charge in [0.25, 0.3) is 11.8 Å². The number of rotatable bonds is 3. The number of imide groups is 1. The third-order valence-electron chi connectivity index (χ3n) is 5.35. The molecule has 1 atom stereocenters. The highest BCUT2D eigenvalue weighted by Crippen LogP contribution is 2.30. The molecule has 6 nitrogen and oxygen atoms in total. The SMILES string of the molecule is O=C(c1cccc(Cl)c1)N1CCCC2(C1)NC(=O)N(Cc1ccc(Cl)cc1)C2=O. The van der Waals surface area contributed by atoms with Crippen molar-refractivity contribution in [1.29, 1.82) is 0 Å². The van der Waals surface area contributed by atoms with Crippen molar-refractivity contribution in [3.05, 3.63) is 69.7 Å². The summed E-state index contributed by atoms with van der Waals surface area (Å²) < 4.78 is 0. The third kappa shape index (κ3) is 3.82. The predicted octanol–water partition coefficient (Wildman–Crippen LogP) is 3.72. The van der Waals surface area contributed by atoms with E-state index in [1.807, 2.05) is 0 Å². The van der Waals surface area contributed by atoms with Crippen LogP contribution in [0.15, 0.2) is 48.5 Å². The van der Waals surface area contributed by atoms with Crippen LogP contribution in [0.4, 0.5) is 4.79 Å². The highest BCUT2D eigenvalue weighted by Gasteiger charge is 2.53. The molecule has 0 radical (unpaired) electrons. The second kappa shape index (κ2) is 7.69. The van der Waals surface area contributed by atoms with E-state index in [2.05, 4.69) is 5.32 Å². The smallest absolute Gasteiger partial charge is 0.325 e. The molecule has 2 saturated heterocycles. The van der Waals surface area contributed by atoms with Crippen LogP contribution in [0.1, 0.15) is 28.8 Å². The zero-order chi connectivity index (χ0) is 20.6. The molecule has 0 saturated carbocycles. The summed E-state index contributed by atoms with van der Waals surface area (Å²) in [4.78, 5) is 41.5. The van der Waals surface area contributed by atoms with Gasteiger partial charge in [0, 0.05) is 22.2 Å². The maximum absolute atomic E-state index is 13.2. The Morgan fingerprint density at radius 3 is 2.55 bits per heavy atom. The first-order valence-corrected chi connectivity index (χ1v) is 10.1. The van der Waals surface area contributed by atoms with Gasteiger partial charge in [0.1, 0.15) is 5.54 Å². The number of piperidine rings is 1. The molecular formula is C21H19Cl2N3O3. The molecule has 2 aliphatic heterocycles. The minimum atomic E-state index is -1.09. The fourth-order valence-electron chi connectivity index (χ4n) is 3.90. The Morgan fingerprint density at radius 1 is 1.07 bits per heavy atom. The summed E-state index contributed by atoms with van der Waals surface area (Å²) in [5, 5.41) is 3.90. The number of hydrogen-bond acceptors (Lipinski definition) is 3. The standard InChI is InChI=1S/C21H19Cl2N3O3/c22-16-7-5-14(6-8-16)12-26-19(28)21(24-20(26)29)9-2-10-25(13-21)18(27)15-3-1-4-17(23)11-15/h1,3-8,11H,2,9-10,12-13H2,(H,24,29). The van der Waals surface area contributed by atoms with Crippen molar-refractivity contribution in [3.8, 4) is 0 Å². The quantitative estimate of drug-likeness (QED) is 0.752. The van der Waals surface area contributed by atoms with Crippen molar-refractivity contribution in [3.63, 3.8) is 0 Å². The average molecular weight is 432 g/mol. The van der Waals surface area contributed by atoms with Crippen LogP contribution in [0.3, 0.4) is 0 Å². The fraction of sp³-hybridized carbons (Fsp3) is 0.286. The number of likely N-dealkylation sites (tertiary alicyclic amines) is 1. The van der Waals surface area contributed by atoms with Crippen LogP contribution in [0, 0.1) is 0 Å². The maximum Gasteiger partial charge on any atom is 0.325 e. The molecule has 4 amide bonds. The van der Waals surface area contributed by atoms with Crippen molar-refractivity contribution < 1.29 is 14.4 Å². The third-order valence-corrected chi connectivity index (χ3v) is 5.84. The van der Waals surface area contributed by atoms with Gasteiger partial charge < -0.3 is 10.2 Å². The minimum absolute atomic E-state index is 0.139. The first kappa shape index (κ1) is 19.7. The summed E-state index contributed by atoms with van der Waals surface area (Å²) in [6, 6.07) is 13.3. The van der Waals surface area contributed by atoms with Crippen LogP contribution in [-0.2, 0) is 11.3 Å². The number of hydrogen-bond donors (Lipinski definition) is 1. The summed E-state index contributed by atoms with van der Waals surface area (Å²) in [7, 11) is 0. The van der Waals surface area contributed by atoms with Crippen LogP contribution in [0.2, 0.25) is 10.0 Å². The van der Waals surface area contributed by atoms with Crippen LogP contribution >= 0.6 is 23.2 Å². The number of nitrogens with zero attached hydrogens (tertiary/aromatic N) is 2. The van der Waals surface area contributed by atoms with Crippen molar-refractivity contribution in [2.45, 2.75) is 24.9 Å². The summed E-state index contributed by atoms with van der Waals surface area (Å²) in [6.45, 7) is 0.819. The van der Waals surface area contributed by atoms with E-state index in [-0.39, 0.29) is 24.9 Å². The highest BCUT2D eigenvalue weighted by molar-refractivity contribution is 6.31. The van der Waals surface area contributed by atoms with Gasteiger partial charge in [-0.05, 0) is 48.7 Å². The Balaban J connectivity index is 1.53. The number of nitrogens with one attached hydrogen (secondary N) is 1. The van der Waals surface area contributed by atoms with Gasteiger partial charge in [-0.15, -0.1) is 0 Å². The summed E-state index contributed by atoms with van der Waals surface area (Å²) >= 11 is 11.9. The van der Waals surface area contributed by atoms with E-state index < -0.39 is 11.6 Å². The Labute approximate surface area is 178 Å². The lowest BCUT2D eigenvalue weighted by Gasteiger charge is -2.38. The normalized spacial score (nSPS) is 21.6. The first-order valence-electron chi connectivity index (χ1n) is 9.31. The summed E-state index contributed by atoms with van der Waals surface area (Å²) in [5.74, 6) is -0.509. The van der Waals surface area contributed by atoms with Gasteiger partial charge in [-0.3, -0.25) is 14.5 Å². The van der Waals surface area contributed by atoms with E-state index in [0.29, 0.717) is 35.0 Å². The highest BCUT2D eigenvalue weighted by atomic mass is 35.5. The molecule has 1 unspecified atom stereocenters. The lowest BCUT2D eigenvalue weighted by molar-refractivity contribution is -0.133. The zero-order valence-corrected chi connectivity index (χ0v) is 17.0. The predicted molar refractivity (Wildman–Crippen MR) is 110 cm³/mol. The van der Waals surface area contributed by atoms with Gasteiger partial charge >= 0.3 is 6.03 Å². The largest absolute Gasteiger partial charge is 0.336 e. The first-order chi connectivity index (χ1) is 13.9. The Hall–Kier alpha value is -2.57. The number of halogens is 2. The Kier molecular flexibility index (Phi) is 5.23. The van der Waals surface area contributed by atoms with Crippen molar-refractivity contribution in [2.24, 2.45) is 0 Å². The van der Waals surface area contributed by atoms with E-state index in [0.717, 1.165) is 5.56 Å². The minimum Gasteiger partial charge on any atom is -0.336 e. The molecule has 29 heavy (non-hydrogen) atoms. The van der Waals surface area contributed by atoms with Crippen LogP contribution in [0.25, 0.3) is 0 Å². The summed E-state index contributed by atoms with van der Waals surface area (Å²) in [5.41, 5.74) is 0.178. The molecule has 1 spiro atoms. The van der Waals surface area contributed by atoms with E-state index in [1.54, 1.807) is 53.4 Å². The molecule has 2 aromatic carbocycles. The Bertz CT molecular complexity index is 979. The molecule has 1 N–H and O–H groups in total. The van der Waals surface area contributed by atoms with E-state index in [4.69, 9.17) is 23.2 Å². The summed E-state index contributed by atoms with van der Waals surface area (Å²) in [6.07, 6.45) is 1.11. The molecule has 2 fully saturated rings. The van der Waals surface area contributed by atoms with Gasteiger partial charge in [0.15, 0.2) is 0 Å². The van der Waals surface area contributed by atoms with Gasteiger partial charge in [-0.1, -0.05) is 41.4 Å². The maximum atomic E-state index is 13.2. The molecular weight excluding hydrogens is 413 g/mol. The average Bonchev–Trinajstić information content (AvgIpc) is 2.93. The molecule has 150 valence electrons. The van der Waals surface area contributed by atoms with Crippen molar-refractivity contribution in [1.82, 2.24) is 15.1 Å². The van der Waals surface area contributed by atoms with Gasteiger partial charge in [0.2, 0.25) is 0 Å². The fourth-order valence-corrected chi connectivity index (χ4v) is 4.22. The second-order valence-electron chi connectivity index (χ2n) is 7.37. The number of amides is 4. The monoisotopic (exact) mass is 431 g/mol. The van der Waals surface area contributed by atoms with Crippen molar-refractivity contribution in [2.75, 3.05) is 13.1 Å². The number of benzene rings is 2. The van der Waals surface area contributed by atoms with E-state index in [1.165, 1.54) is 4.90 Å². The number of carbonyl (C=O) groups excluding carboxylic acids is 3. The van der Waals surface area contributed by atoms with E-state index >= 15 is 0 Å². The molecule has 2 aromatic rings. The number of carbonyl (C=O) groups is 3. The molecule has 0 bridgehead atoms. The molecule has 0 aliphatic carbocycles. The van der Waals surface area contributed by atoms with Crippen LogP contribution in [-0.4, -0.2) is 46.3 Å². The zero-order valence-electron chi connectivity index (χ0n) is 15.5. The lowest BCUT2D eigenvalue weighted by atomic mass is 9.88. The van der Waals surface area contributed by atoms with Gasteiger partial charge in [-0.25, -0.2) is 4.79 Å². The topological polar surface area (TPSA) is 69.7 Å². The Morgan fingerprint density at radius 2 is 1.83 bits per heavy atom. The van der Waals surface area contributed by atoms with E-state index in [9.17, 15) is 14.4 Å².